The molecule has 1 aliphatic carbocycles. The number of allylic oxidation sites excluding steroid dienone is 4. The van der Waals surface area contributed by atoms with E-state index >= 15 is 0 Å². The molecule has 0 saturated heterocycles. The minimum absolute atomic E-state index is 0.125. The standard InChI is InChI=1S/C30H36ClNS/c1-19-15-25(31)20(2)26(16-19)32(23-12-9-21(10-13-23)29(3,4)5)27-18-33-28-14-11-22(17-24(27)28)30(6,7)8/h9-16,18,24H,17H2,1-8H3. The molecule has 174 valence electrons. The van der Waals surface area contributed by atoms with E-state index in [1.54, 1.807) is 0 Å². The van der Waals surface area contributed by atoms with Gasteiger partial charge in [0.1, 0.15) is 0 Å². The Morgan fingerprint density at radius 1 is 0.909 bits per heavy atom. The second-order valence-corrected chi connectivity index (χ2v) is 12.8. The molecule has 0 bridgehead atoms. The van der Waals surface area contributed by atoms with Crippen molar-refractivity contribution in [1.29, 1.82) is 0 Å². The number of benzene rings is 2. The fourth-order valence-electron chi connectivity index (χ4n) is 4.60. The quantitative estimate of drug-likeness (QED) is 0.432. The molecule has 1 heterocycles. The third kappa shape index (κ3) is 4.84. The largest absolute Gasteiger partial charge is 0.313 e. The molecule has 2 aliphatic rings. The molecule has 4 rings (SSSR count). The molecule has 2 aromatic carbocycles. The van der Waals surface area contributed by atoms with Crippen LogP contribution >= 0.6 is 23.4 Å². The van der Waals surface area contributed by atoms with Gasteiger partial charge >= 0.3 is 0 Å². The number of rotatable bonds is 3. The molecular formula is C30H36ClNS. The van der Waals surface area contributed by atoms with Gasteiger partial charge in [0.25, 0.3) is 0 Å². The minimum atomic E-state index is 0.125. The molecule has 0 amide bonds. The molecule has 0 radical (unpaired) electrons. The number of hydrogen-bond donors (Lipinski definition) is 0. The fourth-order valence-corrected chi connectivity index (χ4v) is 5.91. The predicted molar refractivity (Wildman–Crippen MR) is 148 cm³/mol. The Balaban J connectivity index is 1.83. The van der Waals surface area contributed by atoms with Crippen LogP contribution in [0.15, 0.2) is 70.1 Å². The second kappa shape index (κ2) is 8.71. The molecule has 0 N–H and O–H groups in total. The number of aryl methyl sites for hydroxylation is 1. The first-order chi connectivity index (χ1) is 15.4. The Morgan fingerprint density at radius 3 is 2.18 bits per heavy atom. The highest BCUT2D eigenvalue weighted by Gasteiger charge is 2.35. The lowest BCUT2D eigenvalue weighted by molar-refractivity contribution is 0.463. The summed E-state index contributed by atoms with van der Waals surface area (Å²) in [4.78, 5) is 3.89. The molecule has 0 aromatic heterocycles. The van der Waals surface area contributed by atoms with Crippen molar-refractivity contribution in [2.45, 2.75) is 67.2 Å². The molecule has 1 nitrogen and oxygen atoms in total. The monoisotopic (exact) mass is 477 g/mol. The number of halogens is 1. The lowest BCUT2D eigenvalue weighted by atomic mass is 9.77. The summed E-state index contributed by atoms with van der Waals surface area (Å²) in [6, 6.07) is 13.4. The van der Waals surface area contributed by atoms with Gasteiger partial charge in [-0.1, -0.05) is 94.8 Å². The number of hydrogen-bond acceptors (Lipinski definition) is 2. The minimum Gasteiger partial charge on any atom is -0.313 e. The Labute approximate surface area is 209 Å². The maximum atomic E-state index is 6.69. The topological polar surface area (TPSA) is 3.24 Å². The zero-order valence-electron chi connectivity index (χ0n) is 21.2. The first-order valence-corrected chi connectivity index (χ1v) is 13.1. The van der Waals surface area contributed by atoms with Gasteiger partial charge in [-0.3, -0.25) is 0 Å². The van der Waals surface area contributed by atoms with Crippen LogP contribution in [0.5, 0.6) is 0 Å². The molecule has 1 unspecified atom stereocenters. The van der Waals surface area contributed by atoms with E-state index in [0.29, 0.717) is 5.92 Å². The van der Waals surface area contributed by atoms with Gasteiger partial charge in [0.15, 0.2) is 0 Å². The first kappa shape index (κ1) is 24.2. The van der Waals surface area contributed by atoms with E-state index in [-0.39, 0.29) is 10.8 Å². The third-order valence-electron chi connectivity index (χ3n) is 6.80. The predicted octanol–water partition coefficient (Wildman–Crippen LogP) is 9.86. The van der Waals surface area contributed by atoms with Crippen LogP contribution in [0.2, 0.25) is 5.02 Å². The lowest BCUT2D eigenvalue weighted by Crippen LogP contribution is -2.25. The summed E-state index contributed by atoms with van der Waals surface area (Å²) in [5.74, 6) is 0.371. The molecular weight excluding hydrogens is 442 g/mol. The van der Waals surface area contributed by atoms with Gasteiger partial charge in [-0.2, -0.15) is 0 Å². The van der Waals surface area contributed by atoms with Crippen LogP contribution < -0.4 is 4.90 Å². The fraction of sp³-hybridized carbons (Fsp3) is 0.400. The van der Waals surface area contributed by atoms with E-state index in [9.17, 15) is 0 Å². The molecule has 1 aliphatic heterocycles. The van der Waals surface area contributed by atoms with Crippen molar-refractivity contribution >= 4 is 34.7 Å². The van der Waals surface area contributed by atoms with Gasteiger partial charge in [0, 0.05) is 22.3 Å². The summed E-state index contributed by atoms with van der Waals surface area (Å²) in [5, 5.41) is 3.17. The molecule has 33 heavy (non-hydrogen) atoms. The Morgan fingerprint density at radius 2 is 1.58 bits per heavy atom. The average Bonchev–Trinajstić information content (AvgIpc) is 3.14. The van der Waals surface area contributed by atoms with Gasteiger partial charge in [-0.05, 0) is 82.4 Å². The van der Waals surface area contributed by atoms with E-state index in [2.05, 4.69) is 114 Å². The van der Waals surface area contributed by atoms with Crippen molar-refractivity contribution < 1.29 is 0 Å². The maximum Gasteiger partial charge on any atom is 0.0505 e. The van der Waals surface area contributed by atoms with Crippen LogP contribution in [0.4, 0.5) is 11.4 Å². The molecule has 3 heteroatoms. The molecule has 0 saturated carbocycles. The summed E-state index contributed by atoms with van der Waals surface area (Å²) in [6.45, 7) is 18.0. The third-order valence-corrected chi connectivity index (χ3v) is 8.25. The summed E-state index contributed by atoms with van der Waals surface area (Å²) in [7, 11) is 0. The van der Waals surface area contributed by atoms with Gasteiger partial charge in [-0.25, -0.2) is 0 Å². The van der Waals surface area contributed by atoms with Crippen LogP contribution in [0.1, 0.15) is 64.7 Å². The SMILES string of the molecule is Cc1cc(Cl)c(C)c(N(C2=CSC3=CC=C(C(C)(C)C)CC32)c2ccc(C(C)(C)C)cc2)c1. The first-order valence-electron chi connectivity index (χ1n) is 11.8. The van der Waals surface area contributed by atoms with E-state index in [4.69, 9.17) is 11.6 Å². The van der Waals surface area contributed by atoms with Crippen molar-refractivity contribution in [1.82, 2.24) is 0 Å². The smallest absolute Gasteiger partial charge is 0.0505 e. The van der Waals surface area contributed by atoms with Crippen LogP contribution in [0.25, 0.3) is 0 Å². The highest BCUT2D eigenvalue weighted by Crippen LogP contribution is 2.52. The van der Waals surface area contributed by atoms with Gasteiger partial charge in [-0.15, -0.1) is 0 Å². The summed E-state index contributed by atoms with van der Waals surface area (Å²) in [5.41, 5.74) is 9.14. The van der Waals surface area contributed by atoms with Crippen molar-refractivity contribution in [2.24, 2.45) is 11.3 Å². The number of nitrogens with zero attached hydrogens (tertiary/aromatic N) is 1. The van der Waals surface area contributed by atoms with Crippen molar-refractivity contribution in [3.63, 3.8) is 0 Å². The summed E-state index contributed by atoms with van der Waals surface area (Å²) < 4.78 is 0. The van der Waals surface area contributed by atoms with Crippen LogP contribution in [0.3, 0.4) is 0 Å². The van der Waals surface area contributed by atoms with Crippen molar-refractivity contribution in [3.8, 4) is 0 Å². The second-order valence-electron chi connectivity index (χ2n) is 11.5. The molecule has 0 spiro atoms. The Hall–Kier alpha value is -1.90. The lowest BCUT2D eigenvalue weighted by Gasteiger charge is -2.35. The number of thioether (sulfide) groups is 1. The average molecular weight is 478 g/mol. The molecule has 2 aromatic rings. The highest BCUT2D eigenvalue weighted by atomic mass is 35.5. The molecule has 1 atom stereocenters. The Kier molecular flexibility index (Phi) is 6.39. The van der Waals surface area contributed by atoms with Gasteiger partial charge in [0.05, 0.1) is 5.69 Å². The van der Waals surface area contributed by atoms with Crippen LogP contribution in [0, 0.1) is 25.2 Å². The normalized spacial score (nSPS) is 18.5. The zero-order valence-corrected chi connectivity index (χ0v) is 22.8. The van der Waals surface area contributed by atoms with Crippen LogP contribution in [-0.4, -0.2) is 0 Å². The summed E-state index contributed by atoms with van der Waals surface area (Å²) in [6.07, 6.45) is 5.73. The van der Waals surface area contributed by atoms with E-state index in [0.717, 1.165) is 17.0 Å². The van der Waals surface area contributed by atoms with Gasteiger partial charge < -0.3 is 4.90 Å². The van der Waals surface area contributed by atoms with E-state index in [1.807, 2.05) is 11.8 Å². The number of fused-ring (bicyclic) bond motifs is 1. The van der Waals surface area contributed by atoms with Crippen LogP contribution in [-0.2, 0) is 5.41 Å². The summed E-state index contributed by atoms with van der Waals surface area (Å²) >= 11 is 8.56. The van der Waals surface area contributed by atoms with E-state index in [1.165, 1.54) is 38.7 Å². The highest BCUT2D eigenvalue weighted by molar-refractivity contribution is 8.06. The van der Waals surface area contributed by atoms with Gasteiger partial charge in [0.2, 0.25) is 0 Å². The van der Waals surface area contributed by atoms with Crippen molar-refractivity contribution in [2.75, 3.05) is 4.90 Å². The van der Waals surface area contributed by atoms with Crippen molar-refractivity contribution in [3.05, 3.63) is 91.8 Å². The molecule has 0 fully saturated rings. The maximum absolute atomic E-state index is 6.69. The zero-order chi connectivity index (χ0) is 24.1. The number of anilines is 2. The van der Waals surface area contributed by atoms with E-state index < -0.39 is 0 Å². The Bertz CT molecular complexity index is 1150.